The Labute approximate surface area is 103 Å². The molecule has 1 heterocycles. The van der Waals surface area contributed by atoms with Gasteiger partial charge in [0, 0.05) is 0 Å². The van der Waals surface area contributed by atoms with Gasteiger partial charge in [-0.2, -0.15) is 0 Å². The van der Waals surface area contributed by atoms with E-state index in [1.807, 2.05) is 12.1 Å². The molecule has 1 atom stereocenters. The molecule has 0 amide bonds. The molecule has 0 aliphatic rings. The van der Waals surface area contributed by atoms with E-state index in [1.165, 1.54) is 16.7 Å². The number of rotatable bonds is 4. The Morgan fingerprint density at radius 1 is 1.18 bits per heavy atom. The molecule has 2 aromatic rings. The predicted octanol–water partition coefficient (Wildman–Crippen LogP) is 3.60. The number of hydrogen-bond donors (Lipinski definition) is 1. The Morgan fingerprint density at radius 2 is 2.00 bits per heavy atom. The zero-order valence-corrected chi connectivity index (χ0v) is 10.7. The molecule has 0 saturated carbocycles. The third-order valence-electron chi connectivity index (χ3n) is 3.10. The maximum absolute atomic E-state index is 5.51. The van der Waals surface area contributed by atoms with E-state index in [9.17, 15) is 0 Å². The Bertz CT molecular complexity index is 474. The molecule has 2 rings (SSSR count). The van der Waals surface area contributed by atoms with Crippen molar-refractivity contribution in [1.82, 2.24) is 5.32 Å². The third-order valence-corrected chi connectivity index (χ3v) is 3.10. The second kappa shape index (κ2) is 5.19. The summed E-state index contributed by atoms with van der Waals surface area (Å²) >= 11 is 0. The van der Waals surface area contributed by atoms with Gasteiger partial charge in [0.25, 0.3) is 0 Å². The largest absolute Gasteiger partial charge is 0.467 e. The molecule has 1 aromatic heterocycles. The summed E-state index contributed by atoms with van der Waals surface area (Å²) in [5, 5.41) is 3.45. The Kier molecular flexibility index (Phi) is 3.64. The van der Waals surface area contributed by atoms with Gasteiger partial charge in [-0.05, 0) is 49.2 Å². The molecule has 0 aliphatic carbocycles. The van der Waals surface area contributed by atoms with E-state index in [0.29, 0.717) is 0 Å². The van der Waals surface area contributed by atoms with Crippen LogP contribution >= 0.6 is 0 Å². The van der Waals surface area contributed by atoms with Gasteiger partial charge in [-0.1, -0.05) is 25.1 Å². The van der Waals surface area contributed by atoms with Gasteiger partial charge in [-0.25, -0.2) is 0 Å². The fourth-order valence-corrected chi connectivity index (χ4v) is 1.99. The number of hydrogen-bond acceptors (Lipinski definition) is 2. The maximum atomic E-state index is 5.51. The minimum atomic E-state index is 0.147. The first-order valence-electron chi connectivity index (χ1n) is 6.06. The van der Waals surface area contributed by atoms with Crippen LogP contribution in [-0.4, -0.2) is 6.54 Å². The van der Waals surface area contributed by atoms with Gasteiger partial charge in [0.05, 0.1) is 12.3 Å². The van der Waals surface area contributed by atoms with Crippen LogP contribution in [0.4, 0.5) is 0 Å². The smallest absolute Gasteiger partial charge is 0.125 e. The van der Waals surface area contributed by atoms with Gasteiger partial charge in [-0.3, -0.25) is 0 Å². The average Bonchev–Trinajstić information content (AvgIpc) is 2.83. The normalized spacial score (nSPS) is 12.6. The summed E-state index contributed by atoms with van der Waals surface area (Å²) in [5.41, 5.74) is 3.89. The van der Waals surface area contributed by atoms with Gasteiger partial charge in [0.1, 0.15) is 5.76 Å². The summed E-state index contributed by atoms with van der Waals surface area (Å²) in [4.78, 5) is 0. The number of benzene rings is 1. The second-order valence-electron chi connectivity index (χ2n) is 4.35. The Balaban J connectivity index is 2.35. The first kappa shape index (κ1) is 11.9. The Morgan fingerprint density at radius 3 is 2.59 bits per heavy atom. The van der Waals surface area contributed by atoms with E-state index in [4.69, 9.17) is 4.42 Å². The van der Waals surface area contributed by atoms with E-state index in [0.717, 1.165) is 12.3 Å². The lowest BCUT2D eigenvalue weighted by Crippen LogP contribution is -2.21. The van der Waals surface area contributed by atoms with Crippen molar-refractivity contribution in [2.75, 3.05) is 6.54 Å². The molecular weight excluding hydrogens is 210 g/mol. The van der Waals surface area contributed by atoms with Crippen LogP contribution in [0.25, 0.3) is 0 Å². The van der Waals surface area contributed by atoms with Crippen LogP contribution in [0.2, 0.25) is 0 Å². The van der Waals surface area contributed by atoms with Crippen molar-refractivity contribution in [3.63, 3.8) is 0 Å². The maximum Gasteiger partial charge on any atom is 0.125 e. The first-order chi connectivity index (χ1) is 8.22. The van der Waals surface area contributed by atoms with Crippen molar-refractivity contribution < 1.29 is 4.42 Å². The van der Waals surface area contributed by atoms with Gasteiger partial charge >= 0.3 is 0 Å². The van der Waals surface area contributed by atoms with Crippen LogP contribution in [0.1, 0.15) is 35.4 Å². The summed E-state index contributed by atoms with van der Waals surface area (Å²) in [6.07, 6.45) is 1.72. The molecule has 17 heavy (non-hydrogen) atoms. The lowest BCUT2D eigenvalue weighted by atomic mass is 9.99. The van der Waals surface area contributed by atoms with Crippen molar-refractivity contribution in [3.8, 4) is 0 Å². The fourth-order valence-electron chi connectivity index (χ4n) is 1.99. The van der Waals surface area contributed by atoms with Crippen LogP contribution in [-0.2, 0) is 0 Å². The van der Waals surface area contributed by atoms with Crippen LogP contribution < -0.4 is 5.32 Å². The second-order valence-corrected chi connectivity index (χ2v) is 4.35. The summed E-state index contributed by atoms with van der Waals surface area (Å²) < 4.78 is 5.51. The molecule has 1 aromatic carbocycles. The van der Waals surface area contributed by atoms with Crippen LogP contribution in [0.5, 0.6) is 0 Å². The SMILES string of the molecule is CCNC(c1ccc(C)c(C)c1)c1ccco1. The van der Waals surface area contributed by atoms with Crippen molar-refractivity contribution in [2.45, 2.75) is 26.8 Å². The average molecular weight is 229 g/mol. The highest BCUT2D eigenvalue weighted by atomic mass is 16.3. The number of furan rings is 1. The fraction of sp³-hybridized carbons (Fsp3) is 0.333. The molecule has 2 heteroatoms. The summed E-state index contributed by atoms with van der Waals surface area (Å²) in [7, 11) is 0. The summed E-state index contributed by atoms with van der Waals surface area (Å²) in [6, 6.07) is 10.7. The van der Waals surface area contributed by atoms with E-state index in [1.54, 1.807) is 6.26 Å². The van der Waals surface area contributed by atoms with Crippen LogP contribution in [0.15, 0.2) is 41.0 Å². The highest BCUT2D eigenvalue weighted by molar-refractivity contribution is 5.34. The quantitative estimate of drug-likeness (QED) is 0.866. The van der Waals surface area contributed by atoms with Crippen molar-refractivity contribution in [2.24, 2.45) is 0 Å². The van der Waals surface area contributed by atoms with Gasteiger partial charge in [-0.15, -0.1) is 0 Å². The zero-order chi connectivity index (χ0) is 12.3. The summed E-state index contributed by atoms with van der Waals surface area (Å²) in [5.74, 6) is 0.968. The van der Waals surface area contributed by atoms with E-state index >= 15 is 0 Å². The van der Waals surface area contributed by atoms with E-state index in [-0.39, 0.29) is 6.04 Å². The van der Waals surface area contributed by atoms with Gasteiger partial charge < -0.3 is 9.73 Å². The minimum Gasteiger partial charge on any atom is -0.467 e. The van der Waals surface area contributed by atoms with Crippen LogP contribution in [0, 0.1) is 13.8 Å². The molecule has 0 spiro atoms. The number of aryl methyl sites for hydroxylation is 2. The molecule has 2 nitrogen and oxygen atoms in total. The third kappa shape index (κ3) is 2.59. The topological polar surface area (TPSA) is 25.2 Å². The van der Waals surface area contributed by atoms with Gasteiger partial charge in [0.15, 0.2) is 0 Å². The Hall–Kier alpha value is -1.54. The molecule has 0 aliphatic heterocycles. The van der Waals surface area contributed by atoms with Gasteiger partial charge in [0.2, 0.25) is 0 Å². The molecule has 90 valence electrons. The standard InChI is InChI=1S/C15H19NO/c1-4-16-15(14-6-5-9-17-14)13-8-7-11(2)12(3)10-13/h5-10,15-16H,4H2,1-3H3. The molecule has 0 bridgehead atoms. The minimum absolute atomic E-state index is 0.147. The highest BCUT2D eigenvalue weighted by Crippen LogP contribution is 2.24. The molecule has 1 N–H and O–H groups in total. The molecule has 0 radical (unpaired) electrons. The summed E-state index contributed by atoms with van der Waals surface area (Å²) in [6.45, 7) is 7.30. The van der Waals surface area contributed by atoms with E-state index < -0.39 is 0 Å². The molecule has 0 fully saturated rings. The van der Waals surface area contributed by atoms with Crippen LogP contribution in [0.3, 0.4) is 0 Å². The lowest BCUT2D eigenvalue weighted by molar-refractivity contribution is 0.452. The molecular formula is C15H19NO. The number of nitrogens with one attached hydrogen (secondary N) is 1. The van der Waals surface area contributed by atoms with E-state index in [2.05, 4.69) is 44.3 Å². The predicted molar refractivity (Wildman–Crippen MR) is 70.1 cm³/mol. The molecule has 1 unspecified atom stereocenters. The molecule has 0 saturated heterocycles. The van der Waals surface area contributed by atoms with Crippen molar-refractivity contribution >= 4 is 0 Å². The monoisotopic (exact) mass is 229 g/mol. The first-order valence-corrected chi connectivity index (χ1v) is 6.06. The van der Waals surface area contributed by atoms with Crippen molar-refractivity contribution in [3.05, 3.63) is 59.0 Å². The lowest BCUT2D eigenvalue weighted by Gasteiger charge is -2.17. The zero-order valence-electron chi connectivity index (χ0n) is 10.7. The van der Waals surface area contributed by atoms with Crippen molar-refractivity contribution in [1.29, 1.82) is 0 Å². The highest BCUT2D eigenvalue weighted by Gasteiger charge is 2.15.